The first-order chi connectivity index (χ1) is 29.4. The van der Waals surface area contributed by atoms with Gasteiger partial charge in [-0.05, 0) is 102 Å². The number of alkyl carbamates (subject to hydrolysis) is 2. The van der Waals surface area contributed by atoms with E-state index in [9.17, 15) is 19.2 Å². The molecular formula is C47H52N8O6. The summed E-state index contributed by atoms with van der Waals surface area (Å²) in [7, 11) is 2.62. The summed E-state index contributed by atoms with van der Waals surface area (Å²) in [6.45, 7) is 7.73. The number of benzene rings is 4. The van der Waals surface area contributed by atoms with Crippen molar-refractivity contribution < 1.29 is 28.7 Å². The number of methoxy groups -OCH3 is 2. The number of hydrogen-bond acceptors (Lipinski definition) is 8. The van der Waals surface area contributed by atoms with Gasteiger partial charge in [-0.25, -0.2) is 19.6 Å². The first-order valence-corrected chi connectivity index (χ1v) is 21.6. The van der Waals surface area contributed by atoms with Crippen LogP contribution in [0.1, 0.15) is 83.5 Å². The van der Waals surface area contributed by atoms with Gasteiger partial charge in [0.1, 0.15) is 23.7 Å². The Balaban J connectivity index is 0.926. The van der Waals surface area contributed by atoms with Crippen LogP contribution in [-0.2, 0) is 19.1 Å². The van der Waals surface area contributed by atoms with Gasteiger partial charge in [0.2, 0.25) is 11.8 Å². The molecule has 0 radical (unpaired) electrons. The van der Waals surface area contributed by atoms with Crippen molar-refractivity contribution in [2.75, 3.05) is 14.2 Å². The molecule has 8 atom stereocenters. The number of likely N-dealkylation sites (tertiary alicyclic amines) is 2. The quantitative estimate of drug-likeness (QED) is 0.114. The number of aromatic nitrogens is 4. The normalized spacial score (nSPS) is 23.9. The molecule has 316 valence electrons. The molecule has 6 aromatic rings. The summed E-state index contributed by atoms with van der Waals surface area (Å²) < 4.78 is 9.69. The molecule has 2 bridgehead atoms. The predicted molar refractivity (Wildman–Crippen MR) is 231 cm³/mol. The monoisotopic (exact) mass is 824 g/mol. The van der Waals surface area contributed by atoms with E-state index >= 15 is 0 Å². The van der Waals surface area contributed by atoms with Crippen molar-refractivity contribution in [3.8, 4) is 11.1 Å². The molecule has 2 saturated heterocycles. The maximum Gasteiger partial charge on any atom is 0.407 e. The fraction of sp³-hybridized carbons (Fsp3) is 0.447. The summed E-state index contributed by atoms with van der Waals surface area (Å²) in [6, 6.07) is 19.8. The van der Waals surface area contributed by atoms with Crippen LogP contribution >= 0.6 is 0 Å². The Labute approximate surface area is 353 Å². The number of nitrogens with one attached hydrogen (secondary N) is 4. The standard InChI is InChI=1S/C47H52N8O6/c1-22(2)37(52-46(58)60-5)44(56)54-30-12-7-28(19-30)41(54)43-49-34-16-11-27-18-25(9-14-32(27)40(34)51-43)24-8-13-31-26(17-24)10-15-33-39(31)50-42(48-33)36-21-29-20-35(29)55(36)45(57)38(23(3)4)53-47(59)61-6/h8-11,13-18,22-23,28-30,35-38,41H,7,12,19-21H2,1-6H3,(H,48,50)(H,49,51)(H,52,58)(H,53,59)/t28-,29?,30+,35-,36-,37-,38-,41-/m0/s1. The minimum atomic E-state index is -0.691. The average molecular weight is 825 g/mol. The minimum absolute atomic E-state index is 0.0912. The second kappa shape index (κ2) is 14.8. The van der Waals surface area contributed by atoms with E-state index in [0.717, 1.165) is 98.5 Å². The topological polar surface area (TPSA) is 175 Å². The van der Waals surface area contributed by atoms with Gasteiger partial charge in [0, 0.05) is 22.9 Å². The summed E-state index contributed by atoms with van der Waals surface area (Å²) in [5.41, 5.74) is 5.75. The van der Waals surface area contributed by atoms with Crippen molar-refractivity contribution in [1.82, 2.24) is 40.4 Å². The lowest BCUT2D eigenvalue weighted by Gasteiger charge is -2.37. The molecule has 10 rings (SSSR count). The van der Waals surface area contributed by atoms with Gasteiger partial charge in [0.05, 0.1) is 48.4 Å². The van der Waals surface area contributed by atoms with Gasteiger partial charge in [0.25, 0.3) is 0 Å². The molecule has 1 unspecified atom stereocenters. The van der Waals surface area contributed by atoms with Crippen molar-refractivity contribution in [3.05, 3.63) is 72.3 Å². The van der Waals surface area contributed by atoms with Crippen LogP contribution in [-0.4, -0.2) is 92.1 Å². The van der Waals surface area contributed by atoms with Gasteiger partial charge in [-0.1, -0.05) is 64.1 Å². The smallest absolute Gasteiger partial charge is 0.407 e. The molecule has 2 aliphatic heterocycles. The van der Waals surface area contributed by atoms with Crippen LogP contribution in [0.4, 0.5) is 9.59 Å². The predicted octanol–water partition coefficient (Wildman–Crippen LogP) is 7.89. The lowest BCUT2D eigenvalue weighted by atomic mass is 9.95. The van der Waals surface area contributed by atoms with Gasteiger partial charge in [0.15, 0.2) is 0 Å². The van der Waals surface area contributed by atoms with E-state index < -0.39 is 24.3 Å². The van der Waals surface area contributed by atoms with Crippen LogP contribution in [0.15, 0.2) is 60.7 Å². The lowest BCUT2D eigenvalue weighted by Crippen LogP contribution is -2.54. The molecule has 4 N–H and O–H groups in total. The number of H-pyrrole nitrogens is 2. The van der Waals surface area contributed by atoms with E-state index in [1.807, 2.05) is 49.6 Å². The number of ether oxygens (including phenoxy) is 2. The number of aromatic amines is 2. The van der Waals surface area contributed by atoms with Crippen LogP contribution < -0.4 is 10.6 Å². The fourth-order valence-corrected chi connectivity index (χ4v) is 10.7. The molecule has 4 amide bonds. The Hall–Kier alpha value is -6.18. The molecule has 4 aromatic carbocycles. The van der Waals surface area contributed by atoms with Gasteiger partial charge < -0.3 is 39.9 Å². The zero-order valence-corrected chi connectivity index (χ0v) is 35.3. The van der Waals surface area contributed by atoms with E-state index in [-0.39, 0.29) is 47.8 Å². The van der Waals surface area contributed by atoms with E-state index in [2.05, 4.69) is 69.1 Å². The van der Waals surface area contributed by atoms with Crippen molar-refractivity contribution in [2.24, 2.45) is 23.7 Å². The van der Waals surface area contributed by atoms with Gasteiger partial charge >= 0.3 is 12.2 Å². The van der Waals surface area contributed by atoms with Crippen molar-refractivity contribution in [1.29, 1.82) is 0 Å². The number of carbonyl (C=O) groups is 4. The van der Waals surface area contributed by atoms with E-state index in [4.69, 9.17) is 19.4 Å². The number of carbonyl (C=O) groups excluding carboxylic acids is 4. The Morgan fingerprint density at radius 2 is 1.20 bits per heavy atom. The van der Waals surface area contributed by atoms with Crippen LogP contribution in [0.2, 0.25) is 0 Å². The summed E-state index contributed by atoms with van der Waals surface area (Å²) >= 11 is 0. The highest BCUT2D eigenvalue weighted by molar-refractivity contribution is 6.07. The first kappa shape index (κ1) is 39.0. The van der Waals surface area contributed by atoms with Gasteiger partial charge in [-0.3, -0.25) is 9.59 Å². The van der Waals surface area contributed by atoms with Gasteiger partial charge in [-0.15, -0.1) is 0 Å². The van der Waals surface area contributed by atoms with Crippen molar-refractivity contribution in [2.45, 2.75) is 96.1 Å². The second-order valence-electron chi connectivity index (χ2n) is 18.2. The molecule has 14 nitrogen and oxygen atoms in total. The lowest BCUT2D eigenvalue weighted by molar-refractivity contribution is -0.139. The third-order valence-electron chi connectivity index (χ3n) is 13.9. The molecule has 61 heavy (non-hydrogen) atoms. The minimum Gasteiger partial charge on any atom is -0.453 e. The molecule has 2 saturated carbocycles. The third kappa shape index (κ3) is 6.53. The highest BCUT2D eigenvalue weighted by Gasteiger charge is 2.56. The zero-order chi connectivity index (χ0) is 42.4. The zero-order valence-electron chi connectivity index (χ0n) is 35.3. The summed E-state index contributed by atoms with van der Waals surface area (Å²) in [6.07, 6.45) is 3.50. The number of amides is 4. The highest BCUT2D eigenvalue weighted by Crippen LogP contribution is 2.54. The van der Waals surface area contributed by atoms with Crippen LogP contribution in [0, 0.1) is 23.7 Å². The van der Waals surface area contributed by atoms with Gasteiger partial charge in [-0.2, -0.15) is 0 Å². The molecule has 4 heterocycles. The largest absolute Gasteiger partial charge is 0.453 e. The number of rotatable bonds is 9. The van der Waals surface area contributed by atoms with E-state index in [1.165, 1.54) is 14.2 Å². The maximum atomic E-state index is 14.1. The molecule has 4 aliphatic rings. The van der Waals surface area contributed by atoms with Crippen molar-refractivity contribution in [3.63, 3.8) is 0 Å². The SMILES string of the molecule is COC(=O)N[C@H](C(=O)N1[C@@H]2CC[C@@H](C2)[C@H]1c1nc2ccc3cc(-c4ccc5c(ccc6nc([C@@H]7CC8C[C@@H]8N7C(=O)[C@@H](NC(=O)OC)C(C)C)[nH]c65)c4)ccc3c2[nH]1)C(C)C. The number of hydrogen-bond donors (Lipinski definition) is 4. The highest BCUT2D eigenvalue weighted by atomic mass is 16.5. The van der Waals surface area contributed by atoms with E-state index in [1.54, 1.807) is 0 Å². The fourth-order valence-electron chi connectivity index (χ4n) is 10.7. The van der Waals surface area contributed by atoms with Crippen LogP contribution in [0.25, 0.3) is 54.7 Å². The number of fused-ring (bicyclic) bond motifs is 9. The number of piperidine rings is 2. The molecule has 4 fully saturated rings. The Kier molecular flexibility index (Phi) is 9.44. The van der Waals surface area contributed by atoms with Crippen LogP contribution in [0.3, 0.4) is 0 Å². The Morgan fingerprint density at radius 1 is 0.656 bits per heavy atom. The maximum absolute atomic E-state index is 14.1. The molecule has 0 spiro atoms. The Morgan fingerprint density at radius 3 is 1.75 bits per heavy atom. The summed E-state index contributed by atoms with van der Waals surface area (Å²) in [5.74, 6) is 1.89. The molecule has 2 aromatic heterocycles. The third-order valence-corrected chi connectivity index (χ3v) is 13.9. The van der Waals surface area contributed by atoms with Crippen molar-refractivity contribution >= 4 is 67.6 Å². The summed E-state index contributed by atoms with van der Waals surface area (Å²) in [4.78, 5) is 73.8. The Bertz CT molecular complexity index is 2760. The molecule has 2 aliphatic carbocycles. The number of nitrogens with zero attached hydrogens (tertiary/aromatic N) is 4. The number of imidazole rings is 2. The van der Waals surface area contributed by atoms with E-state index in [0.29, 0.717) is 11.8 Å². The molecule has 14 heteroatoms. The average Bonchev–Trinajstić information content (AvgIpc) is 3.85. The molecular weight excluding hydrogens is 773 g/mol. The van der Waals surface area contributed by atoms with Crippen LogP contribution in [0.5, 0.6) is 0 Å². The second-order valence-corrected chi connectivity index (χ2v) is 18.2. The first-order valence-electron chi connectivity index (χ1n) is 21.6. The summed E-state index contributed by atoms with van der Waals surface area (Å²) in [5, 5.41) is 9.80.